The van der Waals surface area contributed by atoms with Crippen molar-refractivity contribution >= 4 is 11.8 Å². The summed E-state index contributed by atoms with van der Waals surface area (Å²) in [6.07, 6.45) is 1.04. The van der Waals surface area contributed by atoms with Crippen molar-refractivity contribution in [3.63, 3.8) is 0 Å². The summed E-state index contributed by atoms with van der Waals surface area (Å²) >= 11 is 0. The molecule has 34 heavy (non-hydrogen) atoms. The molecular weight excluding hydrogens is 440 g/mol. The molecule has 0 spiro atoms. The van der Waals surface area contributed by atoms with E-state index in [-0.39, 0.29) is 30.4 Å². The first-order valence-corrected chi connectivity index (χ1v) is 11.8. The summed E-state index contributed by atoms with van der Waals surface area (Å²) in [5, 5.41) is 8.18. The van der Waals surface area contributed by atoms with Gasteiger partial charge in [-0.2, -0.15) is 0 Å². The maximum Gasteiger partial charge on any atom is 0.263 e. The van der Waals surface area contributed by atoms with E-state index in [2.05, 4.69) is 16.0 Å². The number of alkyl halides is 2. The number of rotatable bonds is 7. The summed E-state index contributed by atoms with van der Waals surface area (Å²) in [5.41, 5.74) is 2.49. The van der Waals surface area contributed by atoms with Crippen LogP contribution < -0.4 is 20.7 Å². The Morgan fingerprint density at radius 2 is 1.94 bits per heavy atom. The number of amides is 2. The molecule has 2 heterocycles. The lowest BCUT2D eigenvalue weighted by atomic mass is 9.87. The zero-order chi connectivity index (χ0) is 24.3. The van der Waals surface area contributed by atoms with E-state index in [9.17, 15) is 18.4 Å². The fourth-order valence-electron chi connectivity index (χ4n) is 4.96. The predicted octanol–water partition coefficient (Wildman–Crippen LogP) is 3.71. The van der Waals surface area contributed by atoms with Crippen molar-refractivity contribution in [3.05, 3.63) is 64.7 Å². The first kappa shape index (κ1) is 24.1. The molecule has 2 aromatic rings. The minimum atomic E-state index is -2.71. The van der Waals surface area contributed by atoms with Gasteiger partial charge in [-0.1, -0.05) is 30.3 Å². The fourth-order valence-corrected chi connectivity index (χ4v) is 4.96. The van der Waals surface area contributed by atoms with Gasteiger partial charge in [-0.25, -0.2) is 8.78 Å². The third kappa shape index (κ3) is 4.92. The quantitative estimate of drug-likeness (QED) is 0.538. The molecule has 6 nitrogen and oxygen atoms in total. The third-order valence-corrected chi connectivity index (χ3v) is 6.76. The number of piperidine rings is 1. The Morgan fingerprint density at radius 3 is 2.65 bits per heavy atom. The van der Waals surface area contributed by atoms with Crippen LogP contribution in [0.3, 0.4) is 0 Å². The Hall–Kier alpha value is -3.00. The Morgan fingerprint density at radius 1 is 1.18 bits per heavy atom. The summed E-state index contributed by atoms with van der Waals surface area (Å²) in [4.78, 5) is 25.6. The molecule has 1 fully saturated rings. The summed E-state index contributed by atoms with van der Waals surface area (Å²) in [6, 6.07) is 13.1. The number of nitrogens with one attached hydrogen (secondary N) is 3. The largest absolute Gasteiger partial charge is 0.489 e. The van der Waals surface area contributed by atoms with Gasteiger partial charge in [-0.3, -0.25) is 9.59 Å². The van der Waals surface area contributed by atoms with Gasteiger partial charge < -0.3 is 20.7 Å². The topological polar surface area (TPSA) is 79.5 Å². The number of ether oxygens (including phenoxy) is 1. The number of fused-ring (bicyclic) bond motifs is 1. The van der Waals surface area contributed by atoms with Gasteiger partial charge in [0.25, 0.3) is 17.7 Å². The zero-order valence-electron chi connectivity index (χ0n) is 19.5. The maximum absolute atomic E-state index is 14.0. The highest BCUT2D eigenvalue weighted by Gasteiger charge is 2.41. The second-order valence-corrected chi connectivity index (χ2v) is 9.05. The van der Waals surface area contributed by atoms with Crippen LogP contribution in [-0.2, 0) is 0 Å². The SMILES string of the molecule is CNC(=O)c1cc(C(=O)NCCCC2CCNCC2(F)F)cc2c1O[C@H](C)[C@H]2c1ccccc1. The van der Waals surface area contributed by atoms with E-state index < -0.39 is 11.8 Å². The molecule has 0 saturated carbocycles. The number of carbonyl (C=O) groups excluding carboxylic acids is 2. The zero-order valence-corrected chi connectivity index (χ0v) is 19.5. The Balaban J connectivity index is 1.51. The van der Waals surface area contributed by atoms with Crippen LogP contribution in [0.25, 0.3) is 0 Å². The molecule has 3 atom stereocenters. The predicted molar refractivity (Wildman–Crippen MR) is 126 cm³/mol. The fraction of sp³-hybridized carbons (Fsp3) is 0.462. The molecule has 1 unspecified atom stereocenters. The normalized spacial score (nSPS) is 23.0. The molecular formula is C26H31F2N3O3. The lowest BCUT2D eigenvalue weighted by molar-refractivity contribution is -0.0762. The van der Waals surface area contributed by atoms with Crippen LogP contribution in [0.4, 0.5) is 8.78 Å². The first-order valence-electron chi connectivity index (χ1n) is 11.8. The van der Waals surface area contributed by atoms with Gasteiger partial charge in [-0.15, -0.1) is 0 Å². The van der Waals surface area contributed by atoms with E-state index >= 15 is 0 Å². The number of hydrogen-bond acceptors (Lipinski definition) is 4. The van der Waals surface area contributed by atoms with Crippen molar-refractivity contribution < 1.29 is 23.1 Å². The van der Waals surface area contributed by atoms with Crippen LogP contribution in [0.15, 0.2) is 42.5 Å². The molecule has 182 valence electrons. The van der Waals surface area contributed by atoms with Crippen LogP contribution in [-0.4, -0.2) is 50.5 Å². The molecule has 2 aliphatic rings. The molecule has 0 radical (unpaired) electrons. The molecule has 4 rings (SSSR count). The number of benzene rings is 2. The van der Waals surface area contributed by atoms with Crippen molar-refractivity contribution in [1.82, 2.24) is 16.0 Å². The van der Waals surface area contributed by atoms with E-state index in [0.717, 1.165) is 11.1 Å². The summed E-state index contributed by atoms with van der Waals surface area (Å²) < 4.78 is 34.1. The average molecular weight is 472 g/mol. The van der Waals surface area contributed by atoms with Crippen molar-refractivity contribution in [2.45, 2.75) is 44.1 Å². The molecule has 3 N–H and O–H groups in total. The lowest BCUT2D eigenvalue weighted by Crippen LogP contribution is -2.46. The monoisotopic (exact) mass is 471 g/mol. The molecule has 0 bridgehead atoms. The van der Waals surface area contributed by atoms with Gasteiger partial charge in [0.15, 0.2) is 0 Å². The molecule has 8 heteroatoms. The molecule has 0 aromatic heterocycles. The smallest absolute Gasteiger partial charge is 0.263 e. The molecule has 2 aliphatic heterocycles. The van der Waals surface area contributed by atoms with Crippen molar-refractivity contribution in [3.8, 4) is 5.75 Å². The van der Waals surface area contributed by atoms with Crippen LogP contribution in [0.1, 0.15) is 63.9 Å². The van der Waals surface area contributed by atoms with Gasteiger partial charge in [-0.05, 0) is 50.4 Å². The van der Waals surface area contributed by atoms with Crippen molar-refractivity contribution in [2.75, 3.05) is 26.7 Å². The van der Waals surface area contributed by atoms with E-state index in [0.29, 0.717) is 49.2 Å². The van der Waals surface area contributed by atoms with Crippen molar-refractivity contribution in [2.24, 2.45) is 5.92 Å². The molecule has 2 aromatic carbocycles. The van der Waals surface area contributed by atoms with Crippen LogP contribution in [0.5, 0.6) is 5.75 Å². The van der Waals surface area contributed by atoms with E-state index in [1.165, 1.54) is 13.1 Å². The van der Waals surface area contributed by atoms with Gasteiger partial charge in [0, 0.05) is 36.6 Å². The van der Waals surface area contributed by atoms with Gasteiger partial charge in [0.1, 0.15) is 11.9 Å². The van der Waals surface area contributed by atoms with E-state index in [1.807, 2.05) is 37.3 Å². The van der Waals surface area contributed by atoms with E-state index in [4.69, 9.17) is 4.74 Å². The summed E-state index contributed by atoms with van der Waals surface area (Å²) in [5.74, 6) is -3.68. The Bertz CT molecular complexity index is 1050. The minimum absolute atomic E-state index is 0.116. The first-order chi connectivity index (χ1) is 16.3. The van der Waals surface area contributed by atoms with Crippen LogP contribution in [0.2, 0.25) is 0 Å². The summed E-state index contributed by atoms with van der Waals surface area (Å²) in [7, 11) is 1.53. The highest BCUT2D eigenvalue weighted by molar-refractivity contribution is 6.02. The second kappa shape index (κ2) is 10.1. The van der Waals surface area contributed by atoms with Gasteiger partial charge in [0.05, 0.1) is 12.1 Å². The Kier molecular flexibility index (Phi) is 7.16. The number of carbonyl (C=O) groups is 2. The Labute approximate surface area is 198 Å². The van der Waals surface area contributed by atoms with E-state index in [1.54, 1.807) is 6.07 Å². The molecule has 1 saturated heterocycles. The van der Waals surface area contributed by atoms with Crippen molar-refractivity contribution in [1.29, 1.82) is 0 Å². The van der Waals surface area contributed by atoms with Crippen LogP contribution in [0, 0.1) is 5.92 Å². The number of halogens is 2. The third-order valence-electron chi connectivity index (χ3n) is 6.76. The lowest BCUT2D eigenvalue weighted by Gasteiger charge is -2.31. The average Bonchev–Trinajstić information content (AvgIpc) is 3.17. The number of hydrogen-bond donors (Lipinski definition) is 3. The van der Waals surface area contributed by atoms with Gasteiger partial charge >= 0.3 is 0 Å². The maximum atomic E-state index is 14.0. The second-order valence-electron chi connectivity index (χ2n) is 9.05. The summed E-state index contributed by atoms with van der Waals surface area (Å²) in [6.45, 7) is 2.54. The highest BCUT2D eigenvalue weighted by Crippen LogP contribution is 2.45. The highest BCUT2D eigenvalue weighted by atomic mass is 19.3. The van der Waals surface area contributed by atoms with Crippen LogP contribution >= 0.6 is 0 Å². The molecule has 2 amide bonds. The molecule has 0 aliphatic carbocycles. The minimum Gasteiger partial charge on any atom is -0.489 e. The standard InChI is InChI=1S/C26H31F2N3O3/c1-16-22(17-7-4-3-5-8-17)20-13-18(14-21(23(20)34-16)25(33)29-2)24(32)31-11-6-9-19-10-12-30-15-26(19,27)28/h3-5,7-8,13-14,16,19,22,30H,6,9-12,15H2,1-2H3,(H,29,33)(H,31,32)/t16-,19?,22+/m1/s1. The van der Waals surface area contributed by atoms with Gasteiger partial charge in [0.2, 0.25) is 0 Å².